The second-order valence-electron chi connectivity index (χ2n) is 5.11. The second-order valence-corrected chi connectivity index (χ2v) is 5.11. The normalized spacial score (nSPS) is 19.3. The Morgan fingerprint density at radius 2 is 2.19 bits per heavy atom. The van der Waals surface area contributed by atoms with Gasteiger partial charge >= 0.3 is 0 Å². The molecule has 116 valence electrons. The Morgan fingerprint density at radius 3 is 2.71 bits per heavy atom. The zero-order chi connectivity index (χ0) is 15.4. The summed E-state index contributed by atoms with van der Waals surface area (Å²) >= 11 is 0. The Labute approximate surface area is 124 Å². The number of methoxy groups -OCH3 is 1. The topological polar surface area (TPSA) is 96.9 Å². The van der Waals surface area contributed by atoms with Gasteiger partial charge in [-0.15, -0.1) is 5.10 Å². The first-order valence-electron chi connectivity index (χ1n) is 7.30. The van der Waals surface area contributed by atoms with Crippen LogP contribution in [0, 0.1) is 0 Å². The van der Waals surface area contributed by atoms with Crippen molar-refractivity contribution in [3.8, 4) is 0 Å². The van der Waals surface area contributed by atoms with Crippen LogP contribution in [0.2, 0.25) is 0 Å². The molecule has 0 spiro atoms. The maximum atomic E-state index is 9.11. The molecule has 0 aromatic carbocycles. The van der Waals surface area contributed by atoms with E-state index in [2.05, 4.69) is 20.3 Å². The van der Waals surface area contributed by atoms with Crippen LogP contribution < -0.4 is 10.6 Å². The number of aryl methyl sites for hydroxylation is 1. The number of oxime groups is 1. The molecule has 0 radical (unpaired) electrons. The fourth-order valence-electron chi connectivity index (χ4n) is 2.82. The maximum Gasteiger partial charge on any atom is 0.174 e. The second kappa shape index (κ2) is 6.71. The van der Waals surface area contributed by atoms with Gasteiger partial charge < -0.3 is 20.6 Å². The van der Waals surface area contributed by atoms with Crippen molar-refractivity contribution in [2.75, 3.05) is 25.1 Å². The molecule has 21 heavy (non-hydrogen) atoms. The zero-order valence-corrected chi connectivity index (χ0v) is 12.8. The predicted octanol–water partition coefficient (Wildman–Crippen LogP) is 0.921. The first-order valence-corrected chi connectivity index (χ1v) is 7.30. The van der Waals surface area contributed by atoms with Crippen molar-refractivity contribution < 1.29 is 9.94 Å². The number of ether oxygens (including phenoxy) is 1. The molecule has 1 aliphatic rings. The summed E-state index contributed by atoms with van der Waals surface area (Å²) in [6.45, 7) is 5.63. The zero-order valence-electron chi connectivity index (χ0n) is 12.8. The van der Waals surface area contributed by atoms with Crippen LogP contribution in [0.3, 0.4) is 0 Å². The lowest BCUT2D eigenvalue weighted by Gasteiger charge is -2.22. The number of rotatable bonds is 5. The van der Waals surface area contributed by atoms with E-state index in [0.29, 0.717) is 11.4 Å². The molecule has 1 saturated heterocycles. The summed E-state index contributed by atoms with van der Waals surface area (Å²) in [4.78, 5) is 2.09. The Morgan fingerprint density at radius 1 is 1.43 bits per heavy atom. The molecule has 7 heteroatoms. The molecular weight excluding hydrogens is 270 g/mol. The van der Waals surface area contributed by atoms with E-state index < -0.39 is 0 Å². The molecular formula is C14H23N5O2. The number of nitrogens with zero attached hydrogens (tertiary/aromatic N) is 4. The summed E-state index contributed by atoms with van der Waals surface area (Å²) in [7, 11) is 1.71. The van der Waals surface area contributed by atoms with Gasteiger partial charge in [-0.2, -0.15) is 5.10 Å². The third kappa shape index (κ3) is 2.92. The average Bonchev–Trinajstić information content (AvgIpc) is 3.01. The van der Waals surface area contributed by atoms with Crippen LogP contribution in [0.15, 0.2) is 5.16 Å². The van der Waals surface area contributed by atoms with Gasteiger partial charge in [-0.05, 0) is 24.8 Å². The number of hydrogen-bond donors (Lipinski definition) is 2. The molecule has 1 atom stereocenters. The lowest BCUT2D eigenvalue weighted by atomic mass is 10.0. The van der Waals surface area contributed by atoms with E-state index in [4.69, 9.17) is 15.7 Å². The molecule has 0 bridgehead atoms. The first kappa shape index (κ1) is 15.5. The molecule has 1 fully saturated rings. The highest BCUT2D eigenvalue weighted by Gasteiger charge is 2.28. The largest absolute Gasteiger partial charge is 0.409 e. The van der Waals surface area contributed by atoms with E-state index in [0.717, 1.165) is 43.6 Å². The minimum absolute atomic E-state index is 0.0901. The predicted molar refractivity (Wildman–Crippen MR) is 80.9 cm³/mol. The molecule has 1 unspecified atom stereocenters. The van der Waals surface area contributed by atoms with Gasteiger partial charge in [0.15, 0.2) is 11.7 Å². The summed E-state index contributed by atoms with van der Waals surface area (Å²) in [6.07, 6.45) is 2.65. The van der Waals surface area contributed by atoms with E-state index in [1.807, 2.05) is 13.8 Å². The lowest BCUT2D eigenvalue weighted by molar-refractivity contribution is 0.121. The average molecular weight is 293 g/mol. The van der Waals surface area contributed by atoms with Gasteiger partial charge in [0.2, 0.25) is 0 Å². The summed E-state index contributed by atoms with van der Waals surface area (Å²) in [5, 5.41) is 20.9. The fraction of sp³-hybridized carbons (Fsp3) is 0.643. The van der Waals surface area contributed by atoms with Gasteiger partial charge in [0.05, 0.1) is 17.4 Å². The van der Waals surface area contributed by atoms with E-state index in [-0.39, 0.29) is 11.9 Å². The molecule has 1 aliphatic heterocycles. The minimum atomic E-state index is 0.0901. The van der Waals surface area contributed by atoms with Crippen molar-refractivity contribution in [3.63, 3.8) is 0 Å². The van der Waals surface area contributed by atoms with Crippen LogP contribution in [0.5, 0.6) is 0 Å². The van der Waals surface area contributed by atoms with Gasteiger partial charge in [-0.1, -0.05) is 19.0 Å². The van der Waals surface area contributed by atoms with Crippen molar-refractivity contribution in [2.24, 2.45) is 10.9 Å². The van der Waals surface area contributed by atoms with Crippen LogP contribution in [-0.4, -0.2) is 47.5 Å². The van der Waals surface area contributed by atoms with Gasteiger partial charge in [0.1, 0.15) is 0 Å². The van der Waals surface area contributed by atoms with E-state index in [1.165, 1.54) is 0 Å². The standard InChI is InChI=1S/C14H23N5O2/c1-4-10-11(5-2)16-17-14(12(10)13(15)18-20)19-7-6-9(8-19)21-3/h9,20H,4-8H2,1-3H3,(H2,15,18). The SMILES string of the molecule is CCc1nnc(N2CCC(OC)C2)c(C(N)=NO)c1CC. The summed E-state index contributed by atoms with van der Waals surface area (Å²) in [5.74, 6) is 0.770. The Kier molecular flexibility index (Phi) is 4.95. The molecule has 2 heterocycles. The molecule has 1 aromatic rings. The molecule has 1 aromatic heterocycles. The van der Waals surface area contributed by atoms with Crippen molar-refractivity contribution in [1.82, 2.24) is 10.2 Å². The summed E-state index contributed by atoms with van der Waals surface area (Å²) < 4.78 is 5.39. The van der Waals surface area contributed by atoms with E-state index in [1.54, 1.807) is 7.11 Å². The Hall–Kier alpha value is -1.89. The van der Waals surface area contributed by atoms with Crippen LogP contribution in [0.1, 0.15) is 37.1 Å². The van der Waals surface area contributed by atoms with Crippen LogP contribution in [-0.2, 0) is 17.6 Å². The Bertz CT molecular complexity index is 532. The fourth-order valence-corrected chi connectivity index (χ4v) is 2.82. The molecule has 3 N–H and O–H groups in total. The molecule has 2 rings (SSSR count). The van der Waals surface area contributed by atoms with Crippen molar-refractivity contribution in [1.29, 1.82) is 0 Å². The highest BCUT2D eigenvalue weighted by Crippen LogP contribution is 2.27. The van der Waals surface area contributed by atoms with Gasteiger partial charge in [0.25, 0.3) is 0 Å². The third-order valence-corrected chi connectivity index (χ3v) is 3.97. The highest BCUT2D eigenvalue weighted by atomic mass is 16.5. The van der Waals surface area contributed by atoms with Crippen molar-refractivity contribution >= 4 is 11.7 Å². The number of nitrogens with two attached hydrogens (primary N) is 1. The maximum absolute atomic E-state index is 9.11. The molecule has 7 nitrogen and oxygen atoms in total. The van der Waals surface area contributed by atoms with Crippen LogP contribution >= 0.6 is 0 Å². The quantitative estimate of drug-likeness (QED) is 0.363. The third-order valence-electron chi connectivity index (χ3n) is 3.97. The minimum Gasteiger partial charge on any atom is -0.409 e. The summed E-state index contributed by atoms with van der Waals surface area (Å²) in [6, 6.07) is 0. The lowest BCUT2D eigenvalue weighted by Crippen LogP contribution is -2.29. The van der Waals surface area contributed by atoms with Gasteiger partial charge in [0, 0.05) is 20.2 Å². The Balaban J connectivity index is 2.50. The van der Waals surface area contributed by atoms with E-state index >= 15 is 0 Å². The van der Waals surface area contributed by atoms with Gasteiger partial charge in [-0.25, -0.2) is 0 Å². The highest BCUT2D eigenvalue weighted by molar-refractivity contribution is 6.03. The van der Waals surface area contributed by atoms with Crippen LogP contribution in [0.4, 0.5) is 5.82 Å². The molecule has 0 aliphatic carbocycles. The van der Waals surface area contributed by atoms with Crippen molar-refractivity contribution in [2.45, 2.75) is 39.2 Å². The van der Waals surface area contributed by atoms with Crippen molar-refractivity contribution in [3.05, 3.63) is 16.8 Å². The molecule has 0 saturated carbocycles. The van der Waals surface area contributed by atoms with Crippen LogP contribution in [0.25, 0.3) is 0 Å². The smallest absolute Gasteiger partial charge is 0.174 e. The first-order chi connectivity index (χ1) is 10.2. The number of anilines is 1. The van der Waals surface area contributed by atoms with E-state index in [9.17, 15) is 0 Å². The number of hydrogen-bond acceptors (Lipinski definition) is 6. The summed E-state index contributed by atoms with van der Waals surface area (Å²) in [5.41, 5.74) is 8.49. The monoisotopic (exact) mass is 293 g/mol. The number of amidine groups is 1. The number of aromatic nitrogens is 2. The van der Waals surface area contributed by atoms with Gasteiger partial charge in [-0.3, -0.25) is 0 Å². The molecule has 0 amide bonds.